The van der Waals surface area contributed by atoms with E-state index in [4.69, 9.17) is 23.2 Å². The van der Waals surface area contributed by atoms with Crippen molar-refractivity contribution in [2.24, 2.45) is 0 Å². The van der Waals surface area contributed by atoms with Crippen molar-refractivity contribution in [3.8, 4) is 28.1 Å². The molecular formula is C31H19Cl2F3N2O4. The summed E-state index contributed by atoms with van der Waals surface area (Å²) in [6.45, 7) is 0.212. The van der Waals surface area contributed by atoms with Gasteiger partial charge in [-0.15, -0.1) is 13.2 Å². The molecule has 4 aromatic carbocycles. The standard InChI is InChI=1S/C31H19Cl2F3N2O4/c32-23-12-13-25(26(33)15-23)27-17-38(16-18-4-6-21(7-5-18)30(40)41)29(37-27)28(39)20-10-8-19(9-11-20)22-2-1-3-24(14-22)42-31(34,35)36/h1-15,17H,16H2,(H,40,41). The molecule has 0 radical (unpaired) electrons. The smallest absolute Gasteiger partial charge is 0.478 e. The van der Waals surface area contributed by atoms with E-state index in [-0.39, 0.29) is 23.7 Å². The van der Waals surface area contributed by atoms with Crippen molar-refractivity contribution in [3.05, 3.63) is 130 Å². The Bertz CT molecular complexity index is 1780. The lowest BCUT2D eigenvalue weighted by Gasteiger charge is -2.11. The summed E-state index contributed by atoms with van der Waals surface area (Å²) >= 11 is 12.5. The lowest BCUT2D eigenvalue weighted by Crippen LogP contribution is -2.17. The van der Waals surface area contributed by atoms with E-state index >= 15 is 0 Å². The molecule has 0 atom stereocenters. The molecule has 5 rings (SSSR count). The highest BCUT2D eigenvalue weighted by Crippen LogP contribution is 2.31. The molecule has 212 valence electrons. The van der Waals surface area contributed by atoms with Crippen LogP contribution in [-0.4, -0.2) is 32.8 Å². The number of alkyl halides is 3. The minimum atomic E-state index is -4.82. The highest BCUT2D eigenvalue weighted by Gasteiger charge is 2.31. The number of imidazole rings is 1. The normalized spacial score (nSPS) is 11.4. The van der Waals surface area contributed by atoms with Crippen molar-refractivity contribution in [1.29, 1.82) is 0 Å². The molecule has 0 aliphatic carbocycles. The number of aromatic nitrogens is 2. The van der Waals surface area contributed by atoms with Crippen LogP contribution in [0.1, 0.15) is 32.1 Å². The minimum absolute atomic E-state index is 0.103. The SMILES string of the molecule is O=C(O)c1ccc(Cn2cc(-c3ccc(Cl)cc3Cl)nc2C(=O)c2ccc(-c3cccc(OC(F)(F)F)c3)cc2)cc1. The van der Waals surface area contributed by atoms with Gasteiger partial charge in [0.1, 0.15) is 5.75 Å². The third-order valence-corrected chi connectivity index (χ3v) is 6.84. The summed E-state index contributed by atoms with van der Waals surface area (Å²) in [5.41, 5.74) is 3.20. The van der Waals surface area contributed by atoms with Crippen molar-refractivity contribution in [2.75, 3.05) is 0 Å². The minimum Gasteiger partial charge on any atom is -0.478 e. The fraction of sp³-hybridized carbons (Fsp3) is 0.0645. The van der Waals surface area contributed by atoms with Crippen molar-refractivity contribution < 1.29 is 32.6 Å². The number of rotatable bonds is 8. The molecule has 0 fully saturated rings. The number of carbonyl (C=O) groups excluding carboxylic acids is 1. The number of benzene rings is 4. The van der Waals surface area contributed by atoms with Gasteiger partial charge in [-0.1, -0.05) is 71.7 Å². The van der Waals surface area contributed by atoms with E-state index in [1.165, 1.54) is 30.3 Å². The maximum Gasteiger partial charge on any atom is 0.573 e. The van der Waals surface area contributed by atoms with Crippen molar-refractivity contribution >= 4 is 35.0 Å². The highest BCUT2D eigenvalue weighted by atomic mass is 35.5. The molecule has 1 aromatic heterocycles. The van der Waals surface area contributed by atoms with E-state index < -0.39 is 18.1 Å². The molecule has 0 aliphatic rings. The summed E-state index contributed by atoms with van der Waals surface area (Å²) in [4.78, 5) is 29.5. The summed E-state index contributed by atoms with van der Waals surface area (Å²) < 4.78 is 43.6. The van der Waals surface area contributed by atoms with Gasteiger partial charge in [0.2, 0.25) is 5.78 Å². The van der Waals surface area contributed by atoms with Crippen LogP contribution in [0.4, 0.5) is 13.2 Å². The van der Waals surface area contributed by atoms with Crippen LogP contribution >= 0.6 is 23.2 Å². The largest absolute Gasteiger partial charge is 0.573 e. The molecule has 0 aliphatic heterocycles. The summed E-state index contributed by atoms with van der Waals surface area (Å²) in [6.07, 6.45) is -3.14. The van der Waals surface area contributed by atoms with E-state index in [1.54, 1.807) is 71.4 Å². The van der Waals surface area contributed by atoms with Crippen LogP contribution in [0.15, 0.2) is 97.2 Å². The number of nitrogens with zero attached hydrogens (tertiary/aromatic N) is 2. The zero-order chi connectivity index (χ0) is 30.0. The Labute approximate surface area is 247 Å². The monoisotopic (exact) mass is 610 g/mol. The number of ether oxygens (including phenoxy) is 1. The second-order valence-corrected chi connectivity index (χ2v) is 10.0. The second-order valence-electron chi connectivity index (χ2n) is 9.19. The Morgan fingerprint density at radius 3 is 2.19 bits per heavy atom. The third-order valence-electron chi connectivity index (χ3n) is 6.29. The molecule has 0 saturated heterocycles. The van der Waals surface area contributed by atoms with Crippen LogP contribution in [0.25, 0.3) is 22.4 Å². The van der Waals surface area contributed by atoms with Gasteiger partial charge in [0.25, 0.3) is 0 Å². The number of carboxylic acid groups (broad SMARTS) is 1. The molecule has 5 aromatic rings. The lowest BCUT2D eigenvalue weighted by molar-refractivity contribution is -0.274. The third kappa shape index (κ3) is 6.64. The molecule has 1 heterocycles. The van der Waals surface area contributed by atoms with E-state index in [0.29, 0.717) is 38.0 Å². The lowest BCUT2D eigenvalue weighted by atomic mass is 10.0. The Morgan fingerprint density at radius 1 is 0.857 bits per heavy atom. The first kappa shape index (κ1) is 28.9. The van der Waals surface area contributed by atoms with Crippen LogP contribution in [-0.2, 0) is 6.54 Å². The zero-order valence-electron chi connectivity index (χ0n) is 21.4. The number of carbonyl (C=O) groups is 2. The van der Waals surface area contributed by atoms with E-state index in [1.807, 2.05) is 0 Å². The average Bonchev–Trinajstić information content (AvgIpc) is 3.35. The molecule has 6 nitrogen and oxygen atoms in total. The van der Waals surface area contributed by atoms with Crippen LogP contribution in [0.5, 0.6) is 5.75 Å². The number of aromatic carboxylic acids is 1. The quantitative estimate of drug-likeness (QED) is 0.178. The van der Waals surface area contributed by atoms with Crippen molar-refractivity contribution in [2.45, 2.75) is 12.9 Å². The fourth-order valence-corrected chi connectivity index (χ4v) is 4.82. The summed E-state index contributed by atoms with van der Waals surface area (Å²) in [7, 11) is 0. The first-order valence-electron chi connectivity index (χ1n) is 12.3. The van der Waals surface area contributed by atoms with E-state index in [9.17, 15) is 27.9 Å². The van der Waals surface area contributed by atoms with Gasteiger partial charge in [0.05, 0.1) is 16.3 Å². The maximum absolute atomic E-state index is 13.7. The number of hydrogen-bond acceptors (Lipinski definition) is 4. The molecule has 0 bridgehead atoms. The molecule has 11 heteroatoms. The number of halogens is 5. The summed E-state index contributed by atoms with van der Waals surface area (Å²) in [6, 6.07) is 23.1. The van der Waals surface area contributed by atoms with Gasteiger partial charge in [-0.25, -0.2) is 9.78 Å². The van der Waals surface area contributed by atoms with Crippen LogP contribution in [0, 0.1) is 0 Å². The molecule has 42 heavy (non-hydrogen) atoms. The average molecular weight is 611 g/mol. The number of hydrogen-bond donors (Lipinski definition) is 1. The van der Waals surface area contributed by atoms with Crippen molar-refractivity contribution in [3.63, 3.8) is 0 Å². The molecule has 0 spiro atoms. The van der Waals surface area contributed by atoms with Crippen LogP contribution < -0.4 is 4.74 Å². The summed E-state index contributed by atoms with van der Waals surface area (Å²) in [5.74, 6) is -1.71. The van der Waals surface area contributed by atoms with Crippen LogP contribution in [0.3, 0.4) is 0 Å². The van der Waals surface area contributed by atoms with Gasteiger partial charge in [0, 0.05) is 28.9 Å². The molecule has 0 unspecified atom stereocenters. The molecule has 0 saturated carbocycles. The molecule has 0 amide bonds. The Morgan fingerprint density at radius 2 is 1.55 bits per heavy atom. The van der Waals surface area contributed by atoms with Gasteiger partial charge < -0.3 is 14.4 Å². The van der Waals surface area contributed by atoms with E-state index in [2.05, 4.69) is 9.72 Å². The zero-order valence-corrected chi connectivity index (χ0v) is 22.9. The van der Waals surface area contributed by atoms with Gasteiger partial charge in [0.15, 0.2) is 5.82 Å². The highest BCUT2D eigenvalue weighted by molar-refractivity contribution is 6.36. The van der Waals surface area contributed by atoms with Crippen molar-refractivity contribution in [1.82, 2.24) is 9.55 Å². The second kappa shape index (κ2) is 11.7. The first-order valence-corrected chi connectivity index (χ1v) is 13.1. The Balaban J connectivity index is 1.48. The van der Waals surface area contributed by atoms with Gasteiger partial charge in [-0.05, 0) is 59.2 Å². The summed E-state index contributed by atoms with van der Waals surface area (Å²) in [5, 5.41) is 9.98. The van der Waals surface area contributed by atoms with Crippen LogP contribution in [0.2, 0.25) is 10.0 Å². The maximum atomic E-state index is 13.7. The first-order chi connectivity index (χ1) is 20.0. The molecular weight excluding hydrogens is 592 g/mol. The van der Waals surface area contributed by atoms with E-state index in [0.717, 1.165) is 5.56 Å². The number of ketones is 1. The van der Waals surface area contributed by atoms with Gasteiger partial charge in [-0.3, -0.25) is 4.79 Å². The van der Waals surface area contributed by atoms with Gasteiger partial charge in [-0.2, -0.15) is 0 Å². The predicted octanol–water partition coefficient (Wildman–Crippen LogP) is 8.40. The molecule has 1 N–H and O–H groups in total. The topological polar surface area (TPSA) is 81.4 Å². The number of carboxylic acids is 1. The Kier molecular flexibility index (Phi) is 8.06. The predicted molar refractivity (Wildman–Crippen MR) is 152 cm³/mol. The Hall–Kier alpha value is -4.60. The van der Waals surface area contributed by atoms with Gasteiger partial charge >= 0.3 is 12.3 Å². The fourth-order valence-electron chi connectivity index (χ4n) is 4.31.